The Kier molecular flexibility index (Phi) is 8.78. The molecule has 11 nitrogen and oxygen atoms in total. The van der Waals surface area contributed by atoms with E-state index >= 15 is 8.78 Å². The molecule has 0 bridgehead atoms. The molecule has 302 valence electrons. The van der Waals surface area contributed by atoms with Gasteiger partial charge in [0.2, 0.25) is 5.91 Å². The molecule has 2 aliphatic carbocycles. The van der Waals surface area contributed by atoms with Crippen molar-refractivity contribution in [3.8, 4) is 11.3 Å². The summed E-state index contributed by atoms with van der Waals surface area (Å²) in [6.45, 7) is 14.9. The SMILES string of the molecule is Cc1c(C(=O)NC2(C(F)F)CC2)cc(Nc2nc(-c3cnc4c(c3)N([C@H]3C[C@@](C)(N5C[C@H]6CCOC[C@H]6C5)C3)C(=O)C4(C)C)cc3ncn(C(C)C)c23)c(F)c1F. The molecule has 4 fully saturated rings. The number of fused-ring (bicyclic) bond motifs is 3. The third-order valence-electron chi connectivity index (χ3n) is 13.4. The van der Waals surface area contributed by atoms with Gasteiger partial charge in [-0.25, -0.2) is 27.5 Å². The molecule has 15 heteroatoms. The summed E-state index contributed by atoms with van der Waals surface area (Å²) in [7, 11) is 0. The van der Waals surface area contributed by atoms with E-state index in [-0.39, 0.29) is 53.3 Å². The summed E-state index contributed by atoms with van der Waals surface area (Å²) in [6.07, 6.45) is 3.46. The van der Waals surface area contributed by atoms with Crippen LogP contribution in [0.4, 0.5) is 34.8 Å². The number of carbonyl (C=O) groups excluding carboxylic acids is 2. The molecule has 3 aliphatic heterocycles. The van der Waals surface area contributed by atoms with Crippen LogP contribution in [0.3, 0.4) is 0 Å². The van der Waals surface area contributed by atoms with Gasteiger partial charge in [-0.3, -0.25) is 19.5 Å². The molecule has 2 amide bonds. The first-order valence-corrected chi connectivity index (χ1v) is 19.9. The number of likely N-dealkylation sites (tertiary alicyclic amines) is 1. The van der Waals surface area contributed by atoms with E-state index in [0.717, 1.165) is 57.3 Å². The normalized spacial score (nSPS) is 26.2. The number of carbonyl (C=O) groups is 2. The monoisotopic (exact) mass is 788 g/mol. The number of amides is 2. The average molecular weight is 789 g/mol. The molecule has 4 aromatic rings. The van der Waals surface area contributed by atoms with Gasteiger partial charge in [0.15, 0.2) is 17.5 Å². The van der Waals surface area contributed by atoms with E-state index in [4.69, 9.17) is 14.7 Å². The van der Waals surface area contributed by atoms with Crippen LogP contribution in [0.15, 0.2) is 30.7 Å². The summed E-state index contributed by atoms with van der Waals surface area (Å²) < 4.78 is 66.2. The Morgan fingerprint density at radius 2 is 1.75 bits per heavy atom. The molecular formula is C42H48F4N8O3. The number of pyridine rings is 2. The molecule has 5 aliphatic rings. The molecule has 1 aromatic carbocycles. The van der Waals surface area contributed by atoms with Gasteiger partial charge in [-0.15, -0.1) is 0 Å². The zero-order valence-corrected chi connectivity index (χ0v) is 33.1. The predicted molar refractivity (Wildman–Crippen MR) is 207 cm³/mol. The maximum atomic E-state index is 15.7. The molecule has 2 atom stereocenters. The molecule has 57 heavy (non-hydrogen) atoms. The molecule has 2 saturated heterocycles. The number of benzene rings is 1. The number of anilines is 3. The van der Waals surface area contributed by atoms with E-state index in [1.807, 2.05) is 43.2 Å². The molecule has 6 heterocycles. The Morgan fingerprint density at radius 3 is 2.44 bits per heavy atom. The minimum Gasteiger partial charge on any atom is -0.381 e. The average Bonchev–Trinajstić information content (AvgIpc) is 3.52. The van der Waals surface area contributed by atoms with Crippen LogP contribution in [-0.2, 0) is 14.9 Å². The second kappa shape index (κ2) is 13.2. The number of alkyl halides is 2. The van der Waals surface area contributed by atoms with E-state index in [0.29, 0.717) is 39.8 Å². The minimum absolute atomic E-state index is 0.00277. The van der Waals surface area contributed by atoms with Crippen LogP contribution in [0, 0.1) is 30.4 Å². The fourth-order valence-corrected chi connectivity index (χ4v) is 9.58. The number of hydrogen-bond acceptors (Lipinski definition) is 8. The number of nitrogens with zero attached hydrogens (tertiary/aromatic N) is 6. The van der Waals surface area contributed by atoms with Gasteiger partial charge in [-0.05, 0) is 104 Å². The molecule has 2 saturated carbocycles. The van der Waals surface area contributed by atoms with Gasteiger partial charge in [0, 0.05) is 60.2 Å². The lowest BCUT2D eigenvalue weighted by atomic mass is 9.71. The Labute approximate surface area is 328 Å². The van der Waals surface area contributed by atoms with E-state index in [9.17, 15) is 18.4 Å². The van der Waals surface area contributed by atoms with Gasteiger partial charge in [-0.2, -0.15) is 0 Å². The summed E-state index contributed by atoms with van der Waals surface area (Å²) in [5, 5.41) is 5.27. The highest BCUT2D eigenvalue weighted by Gasteiger charge is 2.56. The van der Waals surface area contributed by atoms with Gasteiger partial charge in [0.1, 0.15) is 11.1 Å². The van der Waals surface area contributed by atoms with Crippen molar-refractivity contribution < 1.29 is 31.9 Å². The van der Waals surface area contributed by atoms with Crippen LogP contribution < -0.4 is 15.5 Å². The van der Waals surface area contributed by atoms with E-state index in [2.05, 4.69) is 27.4 Å². The minimum atomic E-state index is -2.80. The summed E-state index contributed by atoms with van der Waals surface area (Å²) in [4.78, 5) is 46.3. The zero-order valence-electron chi connectivity index (χ0n) is 33.1. The zero-order chi connectivity index (χ0) is 40.3. The Hall–Kier alpha value is -4.63. The highest BCUT2D eigenvalue weighted by atomic mass is 19.3. The van der Waals surface area contributed by atoms with Crippen LogP contribution >= 0.6 is 0 Å². The number of hydrogen-bond donors (Lipinski definition) is 2. The summed E-state index contributed by atoms with van der Waals surface area (Å²) in [5.74, 6) is -2.11. The van der Waals surface area contributed by atoms with E-state index in [1.54, 1.807) is 18.6 Å². The maximum Gasteiger partial charge on any atom is 0.261 e. The first-order valence-electron chi connectivity index (χ1n) is 19.9. The highest BCUT2D eigenvalue weighted by Crippen LogP contribution is 2.51. The van der Waals surface area contributed by atoms with Crippen LogP contribution in [0.25, 0.3) is 22.3 Å². The van der Waals surface area contributed by atoms with Crippen molar-refractivity contribution in [1.29, 1.82) is 0 Å². The second-order valence-corrected chi connectivity index (χ2v) is 18.0. The van der Waals surface area contributed by atoms with Crippen LogP contribution in [0.5, 0.6) is 0 Å². The number of imidazole rings is 1. The standard InChI is InChI=1S/C42H48F4N8O3/c1-21(2)53-20-48-30-13-28(49-36(34(30)53)50-29-12-27(22(3)32(43)33(29)44)37(55)51-42(8-9-42)38(45)46)24-11-31-35(47-16-24)40(4,5)39(56)54(31)26-14-41(6,15-26)52-17-23-7-10-57-19-25(23)18-52/h11-13,16,20-21,23,25-26,38H,7-10,14-15,17-19H2,1-6H3,(H,49,50)(H,51,55)/t23-,25-,26-,41+/m1/s1. The van der Waals surface area contributed by atoms with E-state index in [1.165, 1.54) is 6.92 Å². The van der Waals surface area contributed by atoms with Crippen molar-refractivity contribution in [2.75, 3.05) is 36.5 Å². The van der Waals surface area contributed by atoms with Crippen molar-refractivity contribution in [1.82, 2.24) is 29.7 Å². The number of nitrogens with one attached hydrogen (secondary N) is 2. The topological polar surface area (TPSA) is 118 Å². The third-order valence-corrected chi connectivity index (χ3v) is 13.4. The second-order valence-electron chi connectivity index (χ2n) is 18.0. The maximum absolute atomic E-state index is 15.7. The van der Waals surface area contributed by atoms with Crippen molar-refractivity contribution >= 4 is 40.0 Å². The quantitative estimate of drug-likeness (QED) is 0.168. The van der Waals surface area contributed by atoms with Gasteiger partial charge in [-0.1, -0.05) is 0 Å². The van der Waals surface area contributed by atoms with E-state index < -0.39 is 40.6 Å². The summed E-state index contributed by atoms with van der Waals surface area (Å²) in [6, 6.07) is 4.74. The Morgan fingerprint density at radius 1 is 1.02 bits per heavy atom. The van der Waals surface area contributed by atoms with Gasteiger partial charge >= 0.3 is 0 Å². The Bertz CT molecular complexity index is 2300. The number of rotatable bonds is 9. The van der Waals surface area contributed by atoms with Gasteiger partial charge in [0.25, 0.3) is 12.3 Å². The largest absolute Gasteiger partial charge is 0.381 e. The number of halogens is 4. The van der Waals surface area contributed by atoms with Crippen LogP contribution in [0.2, 0.25) is 0 Å². The fraction of sp³-hybridized carbons (Fsp3) is 0.548. The van der Waals surface area contributed by atoms with Gasteiger partial charge in [0.05, 0.1) is 46.6 Å². The van der Waals surface area contributed by atoms with Crippen molar-refractivity contribution in [2.45, 2.75) is 109 Å². The third kappa shape index (κ3) is 6.01. The first-order chi connectivity index (χ1) is 27.0. The Balaban J connectivity index is 1.06. The van der Waals surface area contributed by atoms with Crippen molar-refractivity contribution in [3.05, 3.63) is 59.2 Å². The fourth-order valence-electron chi connectivity index (χ4n) is 9.58. The van der Waals surface area contributed by atoms with Crippen LogP contribution in [-0.4, -0.2) is 86.1 Å². The molecular weight excluding hydrogens is 741 g/mol. The molecule has 9 rings (SSSR count). The van der Waals surface area contributed by atoms with Crippen molar-refractivity contribution in [3.63, 3.8) is 0 Å². The summed E-state index contributed by atoms with van der Waals surface area (Å²) in [5.41, 5.74) is -0.0631. The molecule has 0 unspecified atom stereocenters. The molecule has 2 N–H and O–H groups in total. The molecule has 0 radical (unpaired) electrons. The molecule has 0 spiro atoms. The van der Waals surface area contributed by atoms with Crippen LogP contribution in [0.1, 0.15) is 94.4 Å². The highest BCUT2D eigenvalue weighted by molar-refractivity contribution is 6.08. The lowest BCUT2D eigenvalue weighted by Gasteiger charge is -2.54. The lowest BCUT2D eigenvalue weighted by molar-refractivity contribution is -0.123. The number of aromatic nitrogens is 4. The first kappa shape index (κ1) is 37.9. The molecule has 3 aromatic heterocycles. The van der Waals surface area contributed by atoms with Gasteiger partial charge < -0.3 is 24.8 Å². The summed E-state index contributed by atoms with van der Waals surface area (Å²) >= 11 is 0. The predicted octanol–water partition coefficient (Wildman–Crippen LogP) is 7.45. The number of ether oxygens (including phenoxy) is 1. The van der Waals surface area contributed by atoms with Crippen molar-refractivity contribution in [2.24, 2.45) is 11.8 Å². The smallest absolute Gasteiger partial charge is 0.261 e. The lowest BCUT2D eigenvalue weighted by Crippen LogP contribution is -2.63.